The number of thiophene rings is 1. The number of nitrogens with zero attached hydrogens (tertiary/aromatic N) is 3. The van der Waals surface area contributed by atoms with E-state index in [1.807, 2.05) is 24.3 Å². The maximum Gasteiger partial charge on any atom is 0.138 e. The summed E-state index contributed by atoms with van der Waals surface area (Å²) in [5, 5.41) is 9.68. The largest absolute Gasteiger partial charge is 0.378 e. The van der Waals surface area contributed by atoms with Crippen LogP contribution in [0.3, 0.4) is 0 Å². The van der Waals surface area contributed by atoms with Gasteiger partial charge in [0.05, 0.1) is 17.9 Å². The highest BCUT2D eigenvalue weighted by Crippen LogP contribution is 2.25. The second kappa shape index (κ2) is 5.54. The Morgan fingerprint density at radius 1 is 1.26 bits per heavy atom. The molecule has 0 bridgehead atoms. The Morgan fingerprint density at radius 2 is 2.16 bits per heavy atom. The summed E-state index contributed by atoms with van der Waals surface area (Å²) in [6.07, 6.45) is 3.23. The molecule has 1 aromatic carbocycles. The van der Waals surface area contributed by atoms with Crippen LogP contribution in [0.1, 0.15) is 4.88 Å². The summed E-state index contributed by atoms with van der Waals surface area (Å²) in [6, 6.07) is 10.1. The van der Waals surface area contributed by atoms with E-state index in [-0.39, 0.29) is 0 Å². The monoisotopic (exact) mass is 334 g/mol. The molecule has 2 heterocycles. The lowest BCUT2D eigenvalue weighted by Gasteiger charge is -2.11. The van der Waals surface area contributed by atoms with E-state index in [4.69, 9.17) is 0 Å². The van der Waals surface area contributed by atoms with Crippen molar-refractivity contribution in [2.45, 2.75) is 6.54 Å². The van der Waals surface area contributed by atoms with Crippen molar-refractivity contribution in [1.82, 2.24) is 14.8 Å². The van der Waals surface area contributed by atoms with Crippen molar-refractivity contribution in [3.05, 3.63) is 57.7 Å². The number of benzene rings is 1. The molecule has 0 unspecified atom stereocenters. The third-order valence-corrected chi connectivity index (χ3v) is 4.63. The van der Waals surface area contributed by atoms with Crippen molar-refractivity contribution >= 4 is 33.0 Å². The van der Waals surface area contributed by atoms with Crippen molar-refractivity contribution in [2.24, 2.45) is 0 Å². The summed E-state index contributed by atoms with van der Waals surface area (Å²) >= 11 is 5.27. The standard InChI is InChI=1S/C13H11BrN4S/c14-10-5-6-19-13(10)7-16-11-3-1-2-4-12(11)18-9-15-8-17-18/h1-6,8-9,16H,7H2. The molecule has 96 valence electrons. The Balaban J connectivity index is 1.84. The Kier molecular flexibility index (Phi) is 3.61. The first-order valence-electron chi connectivity index (χ1n) is 5.74. The van der Waals surface area contributed by atoms with E-state index >= 15 is 0 Å². The molecule has 0 saturated carbocycles. The van der Waals surface area contributed by atoms with Gasteiger partial charge in [-0.2, -0.15) is 5.10 Å². The lowest BCUT2D eigenvalue weighted by molar-refractivity contribution is 0.878. The number of hydrogen-bond donors (Lipinski definition) is 1. The highest BCUT2D eigenvalue weighted by molar-refractivity contribution is 9.10. The van der Waals surface area contributed by atoms with Gasteiger partial charge in [-0.15, -0.1) is 11.3 Å². The summed E-state index contributed by atoms with van der Waals surface area (Å²) in [5.41, 5.74) is 2.03. The predicted octanol–water partition coefficient (Wildman–Crippen LogP) is 3.70. The van der Waals surface area contributed by atoms with Gasteiger partial charge >= 0.3 is 0 Å². The van der Waals surface area contributed by atoms with Crippen LogP contribution in [0, 0.1) is 0 Å². The van der Waals surface area contributed by atoms with Gasteiger partial charge in [0.25, 0.3) is 0 Å². The molecule has 6 heteroatoms. The van der Waals surface area contributed by atoms with Crippen LogP contribution in [0.25, 0.3) is 5.69 Å². The van der Waals surface area contributed by atoms with E-state index in [1.165, 1.54) is 11.2 Å². The Hall–Kier alpha value is -1.66. The topological polar surface area (TPSA) is 42.7 Å². The molecule has 0 amide bonds. The zero-order chi connectivity index (χ0) is 13.1. The number of halogens is 1. The molecular weight excluding hydrogens is 324 g/mol. The molecule has 1 N–H and O–H groups in total. The van der Waals surface area contributed by atoms with E-state index in [0.717, 1.165) is 22.4 Å². The molecule has 0 aliphatic carbocycles. The fourth-order valence-corrected chi connectivity index (χ4v) is 3.21. The highest BCUT2D eigenvalue weighted by Gasteiger charge is 2.06. The molecule has 3 aromatic rings. The molecular formula is C13H11BrN4S. The maximum absolute atomic E-state index is 4.17. The van der Waals surface area contributed by atoms with Crippen LogP contribution in [0.4, 0.5) is 5.69 Å². The minimum atomic E-state index is 0.782. The molecule has 19 heavy (non-hydrogen) atoms. The lowest BCUT2D eigenvalue weighted by atomic mass is 10.2. The summed E-state index contributed by atoms with van der Waals surface area (Å²) in [6.45, 7) is 0.782. The van der Waals surface area contributed by atoms with E-state index in [9.17, 15) is 0 Å². The molecule has 0 atom stereocenters. The van der Waals surface area contributed by atoms with E-state index in [2.05, 4.69) is 42.8 Å². The van der Waals surface area contributed by atoms with Crippen LogP contribution in [0.15, 0.2) is 52.8 Å². The van der Waals surface area contributed by atoms with Crippen LogP contribution < -0.4 is 5.32 Å². The van der Waals surface area contributed by atoms with Crippen LogP contribution in [0.2, 0.25) is 0 Å². The summed E-state index contributed by atoms with van der Waals surface area (Å²) in [4.78, 5) is 5.25. The van der Waals surface area contributed by atoms with Gasteiger partial charge in [-0.05, 0) is 39.5 Å². The minimum Gasteiger partial charge on any atom is -0.378 e. The van der Waals surface area contributed by atoms with Crippen LogP contribution in [0.5, 0.6) is 0 Å². The molecule has 0 radical (unpaired) electrons. The van der Waals surface area contributed by atoms with Crippen molar-refractivity contribution in [1.29, 1.82) is 0 Å². The molecule has 3 rings (SSSR count). The van der Waals surface area contributed by atoms with Gasteiger partial charge in [-0.1, -0.05) is 12.1 Å². The van der Waals surface area contributed by atoms with E-state index in [1.54, 1.807) is 22.3 Å². The zero-order valence-electron chi connectivity index (χ0n) is 9.95. The van der Waals surface area contributed by atoms with Crippen molar-refractivity contribution in [3.63, 3.8) is 0 Å². The van der Waals surface area contributed by atoms with Gasteiger partial charge in [0.15, 0.2) is 0 Å². The fourth-order valence-electron chi connectivity index (χ4n) is 1.78. The minimum absolute atomic E-state index is 0.782. The molecule has 0 fully saturated rings. The number of aromatic nitrogens is 3. The molecule has 2 aromatic heterocycles. The molecule has 0 spiro atoms. The van der Waals surface area contributed by atoms with Gasteiger partial charge in [-0.3, -0.25) is 0 Å². The molecule has 4 nitrogen and oxygen atoms in total. The highest BCUT2D eigenvalue weighted by atomic mass is 79.9. The fraction of sp³-hybridized carbons (Fsp3) is 0.0769. The van der Waals surface area contributed by atoms with Gasteiger partial charge in [-0.25, -0.2) is 9.67 Å². The Morgan fingerprint density at radius 3 is 2.89 bits per heavy atom. The average Bonchev–Trinajstić information content (AvgIpc) is 3.08. The van der Waals surface area contributed by atoms with E-state index < -0.39 is 0 Å². The number of anilines is 1. The number of nitrogens with one attached hydrogen (secondary N) is 1. The summed E-state index contributed by atoms with van der Waals surface area (Å²) in [7, 11) is 0. The van der Waals surface area contributed by atoms with E-state index in [0.29, 0.717) is 0 Å². The zero-order valence-corrected chi connectivity index (χ0v) is 12.4. The third-order valence-electron chi connectivity index (χ3n) is 2.70. The SMILES string of the molecule is Brc1ccsc1CNc1ccccc1-n1cncn1. The van der Waals surface area contributed by atoms with Gasteiger partial charge in [0, 0.05) is 9.35 Å². The van der Waals surface area contributed by atoms with Crippen LogP contribution in [-0.2, 0) is 6.54 Å². The first-order valence-corrected chi connectivity index (χ1v) is 7.41. The number of para-hydroxylation sites is 2. The second-order valence-corrected chi connectivity index (χ2v) is 5.76. The number of hydrogen-bond acceptors (Lipinski definition) is 4. The molecule has 0 saturated heterocycles. The van der Waals surface area contributed by atoms with Crippen molar-refractivity contribution in [2.75, 3.05) is 5.32 Å². The first-order chi connectivity index (χ1) is 9.34. The van der Waals surface area contributed by atoms with Crippen molar-refractivity contribution < 1.29 is 0 Å². The Labute approximate surface area is 123 Å². The lowest BCUT2D eigenvalue weighted by Crippen LogP contribution is -2.04. The number of rotatable bonds is 4. The Bertz CT molecular complexity index is 663. The second-order valence-electron chi connectivity index (χ2n) is 3.90. The summed E-state index contributed by atoms with van der Waals surface area (Å²) < 4.78 is 2.90. The first kappa shape index (κ1) is 12.4. The third kappa shape index (κ3) is 2.69. The quantitative estimate of drug-likeness (QED) is 0.790. The maximum atomic E-state index is 4.17. The van der Waals surface area contributed by atoms with Gasteiger partial charge in [0.1, 0.15) is 12.7 Å². The van der Waals surface area contributed by atoms with Gasteiger partial charge < -0.3 is 5.32 Å². The van der Waals surface area contributed by atoms with Crippen molar-refractivity contribution in [3.8, 4) is 5.69 Å². The molecule has 0 aliphatic rings. The molecule has 0 aliphatic heterocycles. The van der Waals surface area contributed by atoms with Crippen LogP contribution in [-0.4, -0.2) is 14.8 Å². The smallest absolute Gasteiger partial charge is 0.138 e. The van der Waals surface area contributed by atoms with Gasteiger partial charge in [0.2, 0.25) is 0 Å². The predicted molar refractivity (Wildman–Crippen MR) is 80.7 cm³/mol. The average molecular weight is 335 g/mol. The normalized spacial score (nSPS) is 10.6. The van der Waals surface area contributed by atoms with Crippen LogP contribution >= 0.6 is 27.3 Å². The summed E-state index contributed by atoms with van der Waals surface area (Å²) in [5.74, 6) is 0.